The molecule has 0 aliphatic rings. The van der Waals surface area contributed by atoms with E-state index in [4.69, 9.17) is 4.74 Å². The molecule has 1 unspecified atom stereocenters. The lowest BCUT2D eigenvalue weighted by Crippen LogP contribution is -2.38. The van der Waals surface area contributed by atoms with Gasteiger partial charge in [0.15, 0.2) is 6.10 Å². The van der Waals surface area contributed by atoms with Gasteiger partial charge in [0.1, 0.15) is 17.8 Å². The van der Waals surface area contributed by atoms with Gasteiger partial charge in [0.05, 0.1) is 12.1 Å². The molecular formula is C19H18BrF2N5O2. The van der Waals surface area contributed by atoms with Gasteiger partial charge in [-0.15, -0.1) is 0 Å². The molecule has 7 nitrogen and oxygen atoms in total. The number of benzene rings is 1. The number of rotatable bonds is 7. The highest BCUT2D eigenvalue weighted by Crippen LogP contribution is 2.31. The SMILES string of the molecule is Cc1cc(Br)cc2ncnc(Nc3cccnc3OC(C)C(=O)NCC(F)F)c12. The monoisotopic (exact) mass is 465 g/mol. The van der Waals surface area contributed by atoms with Crippen molar-refractivity contribution in [3.8, 4) is 5.88 Å². The van der Waals surface area contributed by atoms with Gasteiger partial charge in [-0.05, 0) is 43.7 Å². The number of alkyl halides is 2. The number of ether oxygens (including phenoxy) is 1. The first kappa shape index (κ1) is 20.8. The standard InChI is InChI=1S/C19H18BrF2N5O2/c1-10-6-12(20)7-14-16(10)17(26-9-25-14)27-13-4-3-5-23-19(13)29-11(2)18(28)24-8-15(21)22/h3-7,9,11,15H,8H2,1-2H3,(H,24,28)(H,25,26,27). The normalized spacial score (nSPS) is 12.1. The molecule has 1 atom stereocenters. The number of nitrogens with zero attached hydrogens (tertiary/aromatic N) is 3. The third-order valence-electron chi connectivity index (χ3n) is 4.01. The maximum Gasteiger partial charge on any atom is 0.261 e. The average molecular weight is 466 g/mol. The minimum Gasteiger partial charge on any atom is -0.463 e. The molecule has 0 aliphatic heterocycles. The van der Waals surface area contributed by atoms with E-state index in [0.29, 0.717) is 11.5 Å². The summed E-state index contributed by atoms with van der Waals surface area (Å²) in [6, 6.07) is 7.25. The fourth-order valence-corrected chi connectivity index (χ4v) is 3.25. The molecule has 0 fully saturated rings. The van der Waals surface area contributed by atoms with Crippen LogP contribution in [0.1, 0.15) is 12.5 Å². The second-order valence-corrected chi connectivity index (χ2v) is 7.13. The molecule has 0 spiro atoms. The van der Waals surface area contributed by atoms with Crippen molar-refractivity contribution in [3.05, 3.63) is 46.8 Å². The lowest BCUT2D eigenvalue weighted by molar-refractivity contribution is -0.128. The summed E-state index contributed by atoms with van der Waals surface area (Å²) in [7, 11) is 0. The first-order chi connectivity index (χ1) is 13.8. The van der Waals surface area contributed by atoms with Gasteiger partial charge in [-0.1, -0.05) is 15.9 Å². The van der Waals surface area contributed by atoms with Gasteiger partial charge in [0.2, 0.25) is 5.88 Å². The molecule has 2 N–H and O–H groups in total. The van der Waals surface area contributed by atoms with Crippen LogP contribution >= 0.6 is 15.9 Å². The highest BCUT2D eigenvalue weighted by Gasteiger charge is 2.19. The van der Waals surface area contributed by atoms with E-state index in [9.17, 15) is 13.6 Å². The lowest BCUT2D eigenvalue weighted by Gasteiger charge is -2.17. The van der Waals surface area contributed by atoms with Crippen LogP contribution in [0.4, 0.5) is 20.3 Å². The van der Waals surface area contributed by atoms with Gasteiger partial charge in [0, 0.05) is 16.1 Å². The van der Waals surface area contributed by atoms with Crippen LogP contribution in [0.5, 0.6) is 5.88 Å². The number of hydrogen-bond acceptors (Lipinski definition) is 6. The Morgan fingerprint density at radius 3 is 2.83 bits per heavy atom. The van der Waals surface area contributed by atoms with E-state index in [2.05, 4.69) is 41.5 Å². The molecule has 29 heavy (non-hydrogen) atoms. The number of amides is 1. The molecule has 0 saturated carbocycles. The van der Waals surface area contributed by atoms with Crippen molar-refractivity contribution < 1.29 is 18.3 Å². The van der Waals surface area contributed by atoms with E-state index >= 15 is 0 Å². The van der Waals surface area contributed by atoms with Gasteiger partial charge in [-0.3, -0.25) is 4.79 Å². The van der Waals surface area contributed by atoms with E-state index in [1.165, 1.54) is 19.4 Å². The number of carbonyl (C=O) groups excluding carboxylic acids is 1. The lowest BCUT2D eigenvalue weighted by atomic mass is 10.1. The third-order valence-corrected chi connectivity index (χ3v) is 4.47. The van der Waals surface area contributed by atoms with Crippen LogP contribution in [0, 0.1) is 6.92 Å². The van der Waals surface area contributed by atoms with Crippen LogP contribution in [0.3, 0.4) is 0 Å². The molecule has 10 heteroatoms. The Balaban J connectivity index is 1.85. The number of halogens is 3. The molecule has 0 radical (unpaired) electrons. The number of pyridine rings is 1. The fraction of sp³-hybridized carbons (Fsp3) is 0.263. The predicted octanol–water partition coefficient (Wildman–Crippen LogP) is 3.99. The highest BCUT2D eigenvalue weighted by atomic mass is 79.9. The van der Waals surface area contributed by atoms with Crippen molar-refractivity contribution in [1.29, 1.82) is 0 Å². The molecule has 0 aliphatic carbocycles. The molecule has 2 aromatic heterocycles. The first-order valence-electron chi connectivity index (χ1n) is 8.70. The van der Waals surface area contributed by atoms with Crippen molar-refractivity contribution in [1.82, 2.24) is 20.3 Å². The Kier molecular flexibility index (Phi) is 6.53. The van der Waals surface area contributed by atoms with E-state index in [1.54, 1.807) is 12.1 Å². The molecule has 2 heterocycles. The van der Waals surface area contributed by atoms with Crippen molar-refractivity contribution in [3.63, 3.8) is 0 Å². The Labute approximate surface area is 174 Å². The van der Waals surface area contributed by atoms with E-state index < -0.39 is 25.0 Å². The zero-order chi connectivity index (χ0) is 21.0. The Bertz CT molecular complexity index is 1030. The number of aryl methyl sites for hydroxylation is 1. The predicted molar refractivity (Wildman–Crippen MR) is 109 cm³/mol. The maximum absolute atomic E-state index is 12.3. The summed E-state index contributed by atoms with van der Waals surface area (Å²) in [6.45, 7) is 2.67. The molecule has 3 aromatic rings. The summed E-state index contributed by atoms with van der Waals surface area (Å²) in [4.78, 5) is 24.7. The molecule has 1 aromatic carbocycles. The van der Waals surface area contributed by atoms with Gasteiger partial charge >= 0.3 is 0 Å². The Morgan fingerprint density at radius 2 is 2.07 bits per heavy atom. The number of anilines is 2. The van der Waals surface area contributed by atoms with Crippen LogP contribution in [-0.4, -0.2) is 39.9 Å². The van der Waals surface area contributed by atoms with E-state index in [1.807, 2.05) is 19.1 Å². The van der Waals surface area contributed by atoms with Crippen molar-refractivity contribution in [2.75, 3.05) is 11.9 Å². The zero-order valence-corrected chi connectivity index (χ0v) is 17.2. The number of carbonyl (C=O) groups is 1. The summed E-state index contributed by atoms with van der Waals surface area (Å²) in [6.07, 6.45) is -0.699. The summed E-state index contributed by atoms with van der Waals surface area (Å²) in [5.74, 6) is 0.0384. The Morgan fingerprint density at radius 1 is 1.28 bits per heavy atom. The van der Waals surface area contributed by atoms with E-state index in [-0.39, 0.29) is 5.88 Å². The number of aromatic nitrogens is 3. The number of nitrogens with one attached hydrogen (secondary N) is 2. The fourth-order valence-electron chi connectivity index (χ4n) is 2.69. The summed E-state index contributed by atoms with van der Waals surface area (Å²) >= 11 is 3.45. The first-order valence-corrected chi connectivity index (χ1v) is 9.50. The smallest absolute Gasteiger partial charge is 0.261 e. The minimum atomic E-state index is -2.63. The van der Waals surface area contributed by atoms with E-state index in [0.717, 1.165) is 20.9 Å². The van der Waals surface area contributed by atoms with Crippen molar-refractivity contribution >= 4 is 44.2 Å². The van der Waals surface area contributed by atoms with Crippen molar-refractivity contribution in [2.24, 2.45) is 0 Å². The zero-order valence-electron chi connectivity index (χ0n) is 15.6. The largest absolute Gasteiger partial charge is 0.463 e. The van der Waals surface area contributed by atoms with Crippen LogP contribution < -0.4 is 15.4 Å². The third kappa shape index (κ3) is 5.14. The van der Waals surface area contributed by atoms with Gasteiger partial charge in [-0.25, -0.2) is 23.7 Å². The van der Waals surface area contributed by atoms with Crippen LogP contribution in [0.25, 0.3) is 10.9 Å². The minimum absolute atomic E-state index is 0.147. The number of fused-ring (bicyclic) bond motifs is 1. The summed E-state index contributed by atoms with van der Waals surface area (Å²) < 4.78 is 31.1. The molecular weight excluding hydrogens is 448 g/mol. The molecule has 3 rings (SSSR count). The maximum atomic E-state index is 12.3. The summed E-state index contributed by atoms with van der Waals surface area (Å²) in [5.41, 5.74) is 2.19. The van der Waals surface area contributed by atoms with Crippen LogP contribution in [0.2, 0.25) is 0 Å². The summed E-state index contributed by atoms with van der Waals surface area (Å²) in [5, 5.41) is 6.11. The molecule has 152 valence electrons. The van der Waals surface area contributed by atoms with Crippen LogP contribution in [0.15, 0.2) is 41.3 Å². The van der Waals surface area contributed by atoms with Crippen LogP contribution in [-0.2, 0) is 4.79 Å². The molecule has 0 bridgehead atoms. The highest BCUT2D eigenvalue weighted by molar-refractivity contribution is 9.10. The topological polar surface area (TPSA) is 89.0 Å². The Hall–Kier alpha value is -2.88. The second-order valence-electron chi connectivity index (χ2n) is 6.22. The average Bonchev–Trinajstić information content (AvgIpc) is 2.67. The van der Waals surface area contributed by atoms with Gasteiger partial charge < -0.3 is 15.4 Å². The molecule has 0 saturated heterocycles. The molecule has 1 amide bonds. The quantitative estimate of drug-likeness (QED) is 0.548. The second kappa shape index (κ2) is 9.08. The van der Waals surface area contributed by atoms with Gasteiger partial charge in [0.25, 0.3) is 12.3 Å². The van der Waals surface area contributed by atoms with Crippen molar-refractivity contribution in [2.45, 2.75) is 26.4 Å². The van der Waals surface area contributed by atoms with Gasteiger partial charge in [-0.2, -0.15) is 0 Å². The number of hydrogen-bond donors (Lipinski definition) is 2.